The summed E-state index contributed by atoms with van der Waals surface area (Å²) in [5.74, 6) is -0.619. The molecule has 0 spiro atoms. The smallest absolute Gasteiger partial charge is 0.416 e. The van der Waals surface area contributed by atoms with Crippen LogP contribution in [0.4, 0.5) is 45.5 Å². The van der Waals surface area contributed by atoms with Crippen molar-refractivity contribution in [2.24, 2.45) is 0 Å². The van der Waals surface area contributed by atoms with Gasteiger partial charge in [0.25, 0.3) is 0 Å². The van der Waals surface area contributed by atoms with Crippen LogP contribution in [0.3, 0.4) is 0 Å². The van der Waals surface area contributed by atoms with Crippen LogP contribution >= 0.6 is 11.6 Å². The quantitative estimate of drug-likeness (QED) is 0.188. The number of alkyl halides is 3. The van der Waals surface area contributed by atoms with Crippen LogP contribution in [0.15, 0.2) is 60.8 Å². The SMILES string of the molecule is Cc1cc(C)c(C(c2cc(C(F)(F)F)ccc2Cl)N(C(=O)O)c2ccnc(Nc3ccc(N4C[C@@H](C)N(C)[C@@H](C)C4)c(F)c3)n2)c(C)c1. The van der Waals surface area contributed by atoms with Crippen LogP contribution in [0, 0.1) is 26.6 Å². The first-order valence-electron chi connectivity index (χ1n) is 15.4. The Morgan fingerprint density at radius 2 is 1.67 bits per heavy atom. The van der Waals surface area contributed by atoms with E-state index in [1.165, 1.54) is 18.3 Å². The van der Waals surface area contributed by atoms with Crippen LogP contribution in [0.25, 0.3) is 0 Å². The van der Waals surface area contributed by atoms with Crippen molar-refractivity contribution < 1.29 is 27.5 Å². The van der Waals surface area contributed by atoms with Gasteiger partial charge in [-0.3, -0.25) is 4.90 Å². The number of nitrogens with zero attached hydrogens (tertiary/aromatic N) is 5. The van der Waals surface area contributed by atoms with Gasteiger partial charge in [-0.25, -0.2) is 19.1 Å². The maximum Gasteiger partial charge on any atom is 0.416 e. The molecular formula is C35H37ClF4N6O2. The molecule has 1 unspecified atom stereocenters. The molecule has 0 radical (unpaired) electrons. The Labute approximate surface area is 282 Å². The Kier molecular flexibility index (Phi) is 9.89. The van der Waals surface area contributed by atoms with E-state index in [2.05, 4.69) is 41.1 Å². The summed E-state index contributed by atoms with van der Waals surface area (Å²) >= 11 is 6.54. The van der Waals surface area contributed by atoms with Crippen molar-refractivity contribution in [3.8, 4) is 0 Å². The molecule has 1 amide bonds. The van der Waals surface area contributed by atoms with E-state index in [1.807, 2.05) is 24.0 Å². The van der Waals surface area contributed by atoms with Crippen LogP contribution < -0.4 is 15.1 Å². The van der Waals surface area contributed by atoms with E-state index >= 15 is 4.39 Å². The lowest BCUT2D eigenvalue weighted by Crippen LogP contribution is -2.55. The molecule has 254 valence electrons. The molecule has 4 aromatic rings. The van der Waals surface area contributed by atoms with E-state index in [1.54, 1.807) is 26.0 Å². The number of hydrogen-bond donors (Lipinski definition) is 2. The minimum Gasteiger partial charge on any atom is -0.465 e. The molecule has 2 N–H and O–H groups in total. The minimum absolute atomic E-state index is 0.0426. The van der Waals surface area contributed by atoms with E-state index in [9.17, 15) is 23.1 Å². The number of piperazine rings is 1. The summed E-state index contributed by atoms with van der Waals surface area (Å²) in [5.41, 5.74) is 2.42. The largest absolute Gasteiger partial charge is 0.465 e. The second kappa shape index (κ2) is 13.6. The number of aromatic nitrogens is 2. The first-order chi connectivity index (χ1) is 22.5. The number of aryl methyl sites for hydroxylation is 3. The second-order valence-electron chi connectivity index (χ2n) is 12.4. The summed E-state index contributed by atoms with van der Waals surface area (Å²) < 4.78 is 57.1. The summed E-state index contributed by atoms with van der Waals surface area (Å²) in [7, 11) is 2.05. The molecule has 5 rings (SSSR count). The van der Waals surface area contributed by atoms with E-state index in [4.69, 9.17) is 11.6 Å². The van der Waals surface area contributed by atoms with Crippen molar-refractivity contribution in [1.82, 2.24) is 14.9 Å². The highest BCUT2D eigenvalue weighted by molar-refractivity contribution is 6.31. The van der Waals surface area contributed by atoms with Crippen molar-refractivity contribution in [3.05, 3.63) is 105 Å². The van der Waals surface area contributed by atoms with Crippen molar-refractivity contribution >= 4 is 40.8 Å². The van der Waals surface area contributed by atoms with Gasteiger partial charge in [-0.2, -0.15) is 18.2 Å². The summed E-state index contributed by atoms with van der Waals surface area (Å²) in [5, 5.41) is 13.5. The third-order valence-electron chi connectivity index (χ3n) is 8.89. The van der Waals surface area contributed by atoms with Crippen LogP contribution in [-0.2, 0) is 6.18 Å². The Morgan fingerprint density at radius 1 is 1.02 bits per heavy atom. The molecule has 1 aliphatic heterocycles. The van der Waals surface area contributed by atoms with Crippen molar-refractivity contribution in [2.45, 2.75) is 58.9 Å². The van der Waals surface area contributed by atoms with E-state index in [0.29, 0.717) is 41.2 Å². The monoisotopic (exact) mass is 684 g/mol. The zero-order chi connectivity index (χ0) is 35.1. The van der Waals surface area contributed by atoms with Crippen LogP contribution in [0.2, 0.25) is 5.02 Å². The molecule has 0 aliphatic carbocycles. The number of likely N-dealkylation sites (N-methyl/N-ethyl adjacent to an activating group) is 1. The van der Waals surface area contributed by atoms with E-state index in [-0.39, 0.29) is 34.4 Å². The predicted molar refractivity (Wildman–Crippen MR) is 180 cm³/mol. The fourth-order valence-electron chi connectivity index (χ4n) is 6.43. The molecule has 1 saturated heterocycles. The number of rotatable bonds is 7. The molecule has 1 aliphatic rings. The Morgan fingerprint density at radius 3 is 2.25 bits per heavy atom. The Bertz CT molecular complexity index is 1800. The highest BCUT2D eigenvalue weighted by Crippen LogP contribution is 2.42. The van der Waals surface area contributed by atoms with Gasteiger partial charge in [-0.15, -0.1) is 0 Å². The van der Waals surface area contributed by atoms with Gasteiger partial charge in [-0.1, -0.05) is 29.3 Å². The maximum atomic E-state index is 15.4. The molecule has 0 bridgehead atoms. The molecule has 1 aromatic heterocycles. The summed E-state index contributed by atoms with van der Waals surface area (Å²) in [6, 6.07) is 11.7. The average Bonchev–Trinajstić information content (AvgIpc) is 2.98. The standard InChI is InChI=1S/C35H37ClF4N6O2/c1-19-13-20(2)31(21(3)14-19)32(26-15-24(35(38,39)40)7-9-27(26)36)46(34(47)48)30-11-12-41-33(43-30)42-25-8-10-29(28(37)16-25)45-17-22(4)44(6)23(5)18-45/h7-16,22-23,32H,17-18H2,1-6H3,(H,47,48)(H,41,42,43)/t22-,23+,32?. The first-order valence-corrected chi connectivity index (χ1v) is 15.8. The normalized spacial score (nSPS) is 17.7. The van der Waals surface area contributed by atoms with Crippen LogP contribution in [0.1, 0.15) is 53.3 Å². The van der Waals surface area contributed by atoms with Gasteiger partial charge in [0.15, 0.2) is 0 Å². The number of anilines is 4. The highest BCUT2D eigenvalue weighted by atomic mass is 35.5. The number of hydrogen-bond acceptors (Lipinski definition) is 6. The summed E-state index contributed by atoms with van der Waals surface area (Å²) in [6.45, 7) is 10.9. The second-order valence-corrected chi connectivity index (χ2v) is 12.8. The zero-order valence-electron chi connectivity index (χ0n) is 27.4. The molecule has 3 aromatic carbocycles. The Hall–Kier alpha value is -4.42. The van der Waals surface area contributed by atoms with Gasteiger partial charge >= 0.3 is 12.3 Å². The molecule has 3 atom stereocenters. The van der Waals surface area contributed by atoms with Crippen LogP contribution in [0.5, 0.6) is 0 Å². The molecule has 8 nitrogen and oxygen atoms in total. The minimum atomic E-state index is -4.70. The van der Waals surface area contributed by atoms with Gasteiger partial charge in [0.05, 0.1) is 17.3 Å². The molecule has 1 fully saturated rings. The number of nitrogens with one attached hydrogen (secondary N) is 1. The maximum absolute atomic E-state index is 15.4. The summed E-state index contributed by atoms with van der Waals surface area (Å²) in [6.07, 6.45) is -4.87. The molecule has 0 saturated carbocycles. The van der Waals surface area contributed by atoms with Gasteiger partial charge in [0.2, 0.25) is 5.95 Å². The van der Waals surface area contributed by atoms with E-state index in [0.717, 1.165) is 28.7 Å². The number of carboxylic acid groups (broad SMARTS) is 1. The fraction of sp³-hybridized carbons (Fsp3) is 0.343. The third kappa shape index (κ3) is 7.19. The number of halogens is 5. The molecule has 2 heterocycles. The number of carbonyl (C=O) groups is 1. The van der Waals surface area contributed by atoms with Gasteiger partial charge < -0.3 is 15.3 Å². The topological polar surface area (TPSA) is 84.8 Å². The lowest BCUT2D eigenvalue weighted by molar-refractivity contribution is -0.137. The predicted octanol–water partition coefficient (Wildman–Crippen LogP) is 8.76. The fourth-order valence-corrected chi connectivity index (χ4v) is 6.65. The molecule has 13 heteroatoms. The average molecular weight is 685 g/mol. The van der Waals surface area contributed by atoms with Gasteiger partial charge in [0.1, 0.15) is 11.6 Å². The van der Waals surface area contributed by atoms with E-state index < -0.39 is 29.7 Å². The highest BCUT2D eigenvalue weighted by Gasteiger charge is 2.37. The molecule has 48 heavy (non-hydrogen) atoms. The van der Waals surface area contributed by atoms with Crippen LogP contribution in [-0.4, -0.2) is 58.3 Å². The van der Waals surface area contributed by atoms with Crippen molar-refractivity contribution in [3.63, 3.8) is 0 Å². The first kappa shape index (κ1) is 34.9. The lowest BCUT2D eigenvalue weighted by Gasteiger charge is -2.43. The third-order valence-corrected chi connectivity index (χ3v) is 9.23. The zero-order valence-corrected chi connectivity index (χ0v) is 28.2. The van der Waals surface area contributed by atoms with Crippen molar-refractivity contribution in [2.75, 3.05) is 35.3 Å². The molecular weight excluding hydrogens is 648 g/mol. The Balaban J connectivity index is 1.55. The number of amides is 1. The van der Waals surface area contributed by atoms with Crippen molar-refractivity contribution in [1.29, 1.82) is 0 Å². The lowest BCUT2D eigenvalue weighted by atomic mass is 9.88. The van der Waals surface area contributed by atoms with Gasteiger partial charge in [-0.05, 0) is 106 Å². The van der Waals surface area contributed by atoms with Gasteiger partial charge in [0, 0.05) is 42.1 Å². The number of benzene rings is 3. The summed E-state index contributed by atoms with van der Waals surface area (Å²) in [4.78, 5) is 26.8.